The van der Waals surface area contributed by atoms with Crippen molar-refractivity contribution in [3.63, 3.8) is 0 Å². The van der Waals surface area contributed by atoms with Crippen molar-refractivity contribution in [2.24, 2.45) is 5.41 Å². The first kappa shape index (κ1) is 11.5. The first-order chi connectivity index (χ1) is 7.31. The van der Waals surface area contributed by atoms with Crippen LogP contribution in [0.3, 0.4) is 0 Å². The highest BCUT2D eigenvalue weighted by atomic mass is 16.5. The lowest BCUT2D eigenvalue weighted by atomic mass is 9.88. The van der Waals surface area contributed by atoms with Crippen LogP contribution in [0.2, 0.25) is 0 Å². The second kappa shape index (κ2) is 3.49. The maximum Gasteiger partial charge on any atom is 0.133 e. The van der Waals surface area contributed by atoms with Crippen LogP contribution < -0.4 is 5.32 Å². The Hall–Kier alpha value is -1.02. The van der Waals surface area contributed by atoms with Crippen molar-refractivity contribution in [2.75, 3.05) is 5.32 Å². The number of ether oxygens (including phenoxy) is 1. The van der Waals surface area contributed by atoms with Gasteiger partial charge >= 0.3 is 0 Å². The van der Waals surface area contributed by atoms with Gasteiger partial charge in [0.2, 0.25) is 0 Å². The van der Waals surface area contributed by atoms with E-state index in [4.69, 9.17) is 4.74 Å². The Balaban J connectivity index is 2.41. The van der Waals surface area contributed by atoms with Crippen molar-refractivity contribution in [3.05, 3.63) is 29.8 Å². The van der Waals surface area contributed by atoms with Crippen molar-refractivity contribution in [1.82, 2.24) is 0 Å². The summed E-state index contributed by atoms with van der Waals surface area (Å²) < 4.78 is 6.15. The van der Waals surface area contributed by atoms with Crippen molar-refractivity contribution in [1.29, 1.82) is 0 Å². The lowest BCUT2D eigenvalue weighted by Gasteiger charge is -2.44. The summed E-state index contributed by atoms with van der Waals surface area (Å²) in [7, 11) is 0. The molecule has 0 aromatic heterocycles. The number of para-hydroxylation sites is 1. The van der Waals surface area contributed by atoms with Crippen molar-refractivity contribution in [2.45, 2.75) is 46.4 Å². The van der Waals surface area contributed by atoms with Crippen LogP contribution in [0.4, 0.5) is 5.69 Å². The van der Waals surface area contributed by atoms with E-state index >= 15 is 0 Å². The molecule has 1 unspecified atom stereocenters. The van der Waals surface area contributed by atoms with E-state index in [0.29, 0.717) is 0 Å². The third-order valence-corrected chi connectivity index (χ3v) is 3.06. The van der Waals surface area contributed by atoms with Crippen LogP contribution in [0.1, 0.15) is 40.2 Å². The topological polar surface area (TPSA) is 21.3 Å². The van der Waals surface area contributed by atoms with Gasteiger partial charge in [-0.3, -0.25) is 0 Å². The molecule has 88 valence electrons. The second-order valence-corrected chi connectivity index (χ2v) is 6.06. The van der Waals surface area contributed by atoms with Crippen LogP contribution in [0.15, 0.2) is 24.3 Å². The number of benzene rings is 1. The predicted octanol–water partition coefficient (Wildman–Crippen LogP) is 3.74. The molecule has 1 aromatic carbocycles. The summed E-state index contributed by atoms with van der Waals surface area (Å²) >= 11 is 0. The van der Waals surface area contributed by atoms with Gasteiger partial charge in [-0.25, -0.2) is 0 Å². The van der Waals surface area contributed by atoms with Gasteiger partial charge in [0.25, 0.3) is 0 Å². The molecule has 0 amide bonds. The highest BCUT2D eigenvalue weighted by molar-refractivity contribution is 5.55. The molecule has 1 aromatic rings. The Morgan fingerprint density at radius 1 is 1.19 bits per heavy atom. The van der Waals surface area contributed by atoms with Crippen LogP contribution in [-0.4, -0.2) is 6.23 Å². The monoisotopic (exact) mass is 219 g/mol. The van der Waals surface area contributed by atoms with Crippen LogP contribution in [-0.2, 0) is 10.3 Å². The number of rotatable bonds is 0. The van der Waals surface area contributed by atoms with Gasteiger partial charge in [0.05, 0.1) is 5.60 Å². The van der Waals surface area contributed by atoms with Crippen molar-refractivity contribution < 1.29 is 4.74 Å². The van der Waals surface area contributed by atoms with Crippen molar-refractivity contribution in [3.8, 4) is 0 Å². The van der Waals surface area contributed by atoms with Gasteiger partial charge in [-0.1, -0.05) is 39.0 Å². The fourth-order valence-electron chi connectivity index (χ4n) is 2.06. The van der Waals surface area contributed by atoms with Crippen molar-refractivity contribution >= 4 is 5.69 Å². The average molecular weight is 219 g/mol. The summed E-state index contributed by atoms with van der Waals surface area (Å²) in [4.78, 5) is 0. The van der Waals surface area contributed by atoms with Gasteiger partial charge in [-0.05, 0) is 19.9 Å². The summed E-state index contributed by atoms with van der Waals surface area (Å²) in [5, 5.41) is 3.47. The van der Waals surface area contributed by atoms with Gasteiger partial charge in [0.15, 0.2) is 0 Å². The van der Waals surface area contributed by atoms with Crippen LogP contribution in [0.5, 0.6) is 0 Å². The molecule has 0 radical (unpaired) electrons. The molecular formula is C14H21NO. The average Bonchev–Trinajstić information content (AvgIpc) is 2.15. The zero-order chi connectivity index (χ0) is 12.0. The summed E-state index contributed by atoms with van der Waals surface area (Å²) in [6.45, 7) is 10.8. The molecule has 2 rings (SSSR count). The second-order valence-electron chi connectivity index (χ2n) is 6.06. The van der Waals surface area contributed by atoms with E-state index in [0.717, 1.165) is 0 Å². The van der Waals surface area contributed by atoms with Gasteiger partial charge < -0.3 is 10.1 Å². The van der Waals surface area contributed by atoms with E-state index in [1.807, 2.05) is 0 Å². The highest BCUT2D eigenvalue weighted by Gasteiger charge is 2.38. The minimum atomic E-state index is -0.222. The molecule has 1 aliphatic heterocycles. The van der Waals surface area contributed by atoms with E-state index in [1.54, 1.807) is 0 Å². The first-order valence-electron chi connectivity index (χ1n) is 5.84. The minimum absolute atomic E-state index is 0.0531. The van der Waals surface area contributed by atoms with Crippen LogP contribution in [0, 0.1) is 5.41 Å². The Kier molecular flexibility index (Phi) is 2.50. The number of fused-ring (bicyclic) bond motifs is 1. The van der Waals surface area contributed by atoms with E-state index in [9.17, 15) is 0 Å². The third kappa shape index (κ3) is 1.94. The molecule has 1 atom stereocenters. The zero-order valence-electron chi connectivity index (χ0n) is 10.8. The predicted molar refractivity (Wildman–Crippen MR) is 67.4 cm³/mol. The van der Waals surface area contributed by atoms with E-state index in [2.05, 4.69) is 64.2 Å². The molecule has 2 heteroatoms. The third-order valence-electron chi connectivity index (χ3n) is 3.06. The van der Waals surface area contributed by atoms with Crippen LogP contribution in [0.25, 0.3) is 0 Å². The maximum absolute atomic E-state index is 6.15. The minimum Gasteiger partial charge on any atom is -0.359 e. The molecule has 0 fully saturated rings. The molecule has 0 aliphatic carbocycles. The Labute approximate surface area is 98.0 Å². The first-order valence-corrected chi connectivity index (χ1v) is 5.84. The summed E-state index contributed by atoms with van der Waals surface area (Å²) in [6.07, 6.45) is 0.0531. The number of hydrogen-bond donors (Lipinski definition) is 1. The summed E-state index contributed by atoms with van der Waals surface area (Å²) in [5.41, 5.74) is 2.29. The Morgan fingerprint density at radius 2 is 1.81 bits per heavy atom. The summed E-state index contributed by atoms with van der Waals surface area (Å²) in [6, 6.07) is 8.37. The lowest BCUT2D eigenvalue weighted by Crippen LogP contribution is -2.46. The molecule has 1 N–H and O–H groups in total. The lowest BCUT2D eigenvalue weighted by molar-refractivity contribution is -0.111. The van der Waals surface area contributed by atoms with E-state index < -0.39 is 0 Å². The Bertz CT molecular complexity index is 390. The fourth-order valence-corrected chi connectivity index (χ4v) is 2.06. The van der Waals surface area contributed by atoms with Gasteiger partial charge in [0, 0.05) is 16.7 Å². The van der Waals surface area contributed by atoms with Gasteiger partial charge in [0.1, 0.15) is 6.23 Å². The number of anilines is 1. The highest BCUT2D eigenvalue weighted by Crippen LogP contribution is 2.40. The standard InChI is InChI=1S/C14H21NO/c1-13(2,3)12-15-11-9-7-6-8-10(11)14(4,5)16-12/h6-9,12,15H,1-5H3. The van der Waals surface area contributed by atoms with Gasteiger partial charge in [-0.2, -0.15) is 0 Å². The van der Waals surface area contributed by atoms with E-state index in [-0.39, 0.29) is 17.2 Å². The smallest absolute Gasteiger partial charge is 0.133 e. The SMILES string of the molecule is CC1(C)OC(C(C)(C)C)Nc2ccccc21. The molecule has 0 saturated carbocycles. The Morgan fingerprint density at radius 3 is 2.44 bits per heavy atom. The normalized spacial score (nSPS) is 23.4. The molecule has 1 heterocycles. The number of nitrogens with one attached hydrogen (secondary N) is 1. The van der Waals surface area contributed by atoms with Gasteiger partial charge in [-0.15, -0.1) is 0 Å². The molecular weight excluding hydrogens is 198 g/mol. The molecule has 1 aliphatic rings. The quantitative estimate of drug-likeness (QED) is 0.717. The molecule has 2 nitrogen and oxygen atoms in total. The number of hydrogen-bond acceptors (Lipinski definition) is 2. The molecule has 0 bridgehead atoms. The van der Waals surface area contributed by atoms with Crippen LogP contribution >= 0.6 is 0 Å². The zero-order valence-corrected chi connectivity index (χ0v) is 10.8. The fraction of sp³-hybridized carbons (Fsp3) is 0.571. The molecule has 0 spiro atoms. The largest absolute Gasteiger partial charge is 0.359 e. The maximum atomic E-state index is 6.15. The van der Waals surface area contributed by atoms with E-state index in [1.165, 1.54) is 11.3 Å². The molecule has 0 saturated heterocycles. The molecule has 16 heavy (non-hydrogen) atoms. The summed E-state index contributed by atoms with van der Waals surface area (Å²) in [5.74, 6) is 0.